The van der Waals surface area contributed by atoms with E-state index in [-0.39, 0.29) is 0 Å². The molecule has 1 atom stereocenters. The van der Waals surface area contributed by atoms with Crippen LogP contribution >= 0.6 is 0 Å². The first-order chi connectivity index (χ1) is 8.79. The molecule has 0 bridgehead atoms. The highest BCUT2D eigenvalue weighted by Crippen LogP contribution is 2.03. The molecule has 0 aliphatic rings. The fraction of sp³-hybridized carbons (Fsp3) is 0.0588. The molecule has 0 radical (unpaired) electrons. The molecule has 90 valence electrons. The fourth-order valence-electron chi connectivity index (χ4n) is 1.87. The van der Waals surface area contributed by atoms with E-state index >= 15 is 0 Å². The molecule has 0 aliphatic heterocycles. The molecule has 0 saturated carbocycles. The van der Waals surface area contributed by atoms with E-state index in [0.29, 0.717) is 0 Å². The number of hydrogen-bond acceptors (Lipinski definition) is 0. The highest BCUT2D eigenvalue weighted by molar-refractivity contribution is 6.77. The topological polar surface area (TPSA) is 0 Å². The van der Waals surface area contributed by atoms with E-state index in [1.54, 1.807) is 0 Å². The Kier molecular flexibility index (Phi) is 4.32. The fourth-order valence-corrected chi connectivity index (χ4v) is 3.40. The third-order valence-electron chi connectivity index (χ3n) is 3.07. The van der Waals surface area contributed by atoms with Gasteiger partial charge in [-0.05, 0) is 11.1 Å². The van der Waals surface area contributed by atoms with Gasteiger partial charge in [-0.1, -0.05) is 90.8 Å². The Morgan fingerprint density at radius 2 is 1.56 bits per heavy atom. The van der Waals surface area contributed by atoms with Gasteiger partial charge in [0.05, 0.1) is 8.80 Å². The van der Waals surface area contributed by atoms with E-state index in [1.807, 2.05) is 12.1 Å². The average molecular weight is 250 g/mol. The minimum Gasteiger partial charge on any atom is -0.0985 e. The summed E-state index contributed by atoms with van der Waals surface area (Å²) >= 11 is 0. The lowest BCUT2D eigenvalue weighted by Crippen LogP contribution is -2.23. The largest absolute Gasteiger partial charge is 0.0985 e. The van der Waals surface area contributed by atoms with Gasteiger partial charge >= 0.3 is 0 Å². The van der Waals surface area contributed by atoms with Crippen molar-refractivity contribution in [2.24, 2.45) is 0 Å². The van der Waals surface area contributed by atoms with Gasteiger partial charge < -0.3 is 0 Å². The summed E-state index contributed by atoms with van der Waals surface area (Å²) in [5.74, 6) is 0. The number of benzene rings is 2. The molecule has 2 aromatic rings. The van der Waals surface area contributed by atoms with Gasteiger partial charge in [-0.15, -0.1) is 0 Å². The van der Waals surface area contributed by atoms with Crippen LogP contribution in [0.4, 0.5) is 0 Å². The Bertz CT molecular complexity index is 523. The second-order valence-corrected chi connectivity index (χ2v) is 7.06. The van der Waals surface area contributed by atoms with Crippen molar-refractivity contribution >= 4 is 26.1 Å². The summed E-state index contributed by atoms with van der Waals surface area (Å²) < 4.78 is 0. The minimum atomic E-state index is -0.977. The zero-order valence-electron chi connectivity index (χ0n) is 10.7. The van der Waals surface area contributed by atoms with Crippen LogP contribution in [-0.2, 0) is 0 Å². The van der Waals surface area contributed by atoms with Crippen LogP contribution < -0.4 is 5.19 Å². The zero-order valence-corrected chi connectivity index (χ0v) is 11.9. The van der Waals surface area contributed by atoms with Crippen LogP contribution in [-0.4, -0.2) is 8.80 Å². The standard InChI is InChI=1S/C17H18Si/c1-3-15-9-11-17(12-10-15)18(2)14-13-16-7-5-4-6-8-16/h3-14,18H,1H2,2H3. The van der Waals surface area contributed by atoms with Gasteiger partial charge in [-0.25, -0.2) is 0 Å². The van der Waals surface area contributed by atoms with Crippen LogP contribution in [0.25, 0.3) is 12.2 Å². The predicted molar refractivity (Wildman–Crippen MR) is 84.7 cm³/mol. The Morgan fingerprint density at radius 1 is 0.889 bits per heavy atom. The third-order valence-corrected chi connectivity index (χ3v) is 5.28. The molecule has 2 rings (SSSR count). The van der Waals surface area contributed by atoms with Crippen molar-refractivity contribution in [2.45, 2.75) is 6.55 Å². The maximum atomic E-state index is 3.78. The van der Waals surface area contributed by atoms with E-state index in [1.165, 1.54) is 16.3 Å². The van der Waals surface area contributed by atoms with Gasteiger partial charge in [0.1, 0.15) is 0 Å². The maximum Gasteiger partial charge on any atom is 0.0910 e. The summed E-state index contributed by atoms with van der Waals surface area (Å²) in [7, 11) is -0.977. The van der Waals surface area contributed by atoms with Crippen molar-refractivity contribution < 1.29 is 0 Å². The van der Waals surface area contributed by atoms with Crippen LogP contribution in [0, 0.1) is 0 Å². The van der Waals surface area contributed by atoms with Crippen LogP contribution in [0.5, 0.6) is 0 Å². The van der Waals surface area contributed by atoms with Crippen molar-refractivity contribution in [3.8, 4) is 0 Å². The molecule has 2 aromatic carbocycles. The van der Waals surface area contributed by atoms with Crippen molar-refractivity contribution in [3.05, 3.63) is 78.0 Å². The Hall–Kier alpha value is -1.86. The summed E-state index contributed by atoms with van der Waals surface area (Å²) in [6.45, 7) is 6.13. The number of hydrogen-bond donors (Lipinski definition) is 0. The second kappa shape index (κ2) is 6.17. The summed E-state index contributed by atoms with van der Waals surface area (Å²) in [5, 5.41) is 1.47. The lowest BCUT2D eigenvalue weighted by atomic mass is 10.2. The van der Waals surface area contributed by atoms with Gasteiger partial charge in [0.2, 0.25) is 0 Å². The van der Waals surface area contributed by atoms with Crippen LogP contribution in [0.1, 0.15) is 11.1 Å². The first-order valence-electron chi connectivity index (χ1n) is 6.25. The molecule has 0 amide bonds. The second-order valence-electron chi connectivity index (χ2n) is 4.43. The van der Waals surface area contributed by atoms with Gasteiger partial charge in [-0.3, -0.25) is 0 Å². The van der Waals surface area contributed by atoms with Gasteiger partial charge in [-0.2, -0.15) is 0 Å². The van der Waals surface area contributed by atoms with Crippen molar-refractivity contribution in [3.63, 3.8) is 0 Å². The summed E-state index contributed by atoms with van der Waals surface area (Å²) in [6.07, 6.45) is 4.12. The molecule has 0 aliphatic carbocycles. The third kappa shape index (κ3) is 3.31. The lowest BCUT2D eigenvalue weighted by Gasteiger charge is -2.05. The van der Waals surface area contributed by atoms with E-state index in [4.69, 9.17) is 0 Å². The molecule has 0 fully saturated rings. The van der Waals surface area contributed by atoms with Crippen molar-refractivity contribution in [2.75, 3.05) is 0 Å². The first-order valence-corrected chi connectivity index (χ1v) is 8.65. The van der Waals surface area contributed by atoms with Crippen LogP contribution in [0.2, 0.25) is 6.55 Å². The number of rotatable bonds is 4. The summed E-state index contributed by atoms with van der Waals surface area (Å²) in [5.41, 5.74) is 4.84. The molecule has 0 heterocycles. The molecule has 0 saturated heterocycles. The molecule has 0 aromatic heterocycles. The predicted octanol–water partition coefficient (Wildman–Crippen LogP) is 3.65. The lowest BCUT2D eigenvalue weighted by molar-refractivity contribution is 1.66. The Balaban J connectivity index is 2.09. The monoisotopic (exact) mass is 250 g/mol. The minimum absolute atomic E-state index is 0.977. The first kappa shape index (κ1) is 12.6. The molecule has 0 N–H and O–H groups in total. The van der Waals surface area contributed by atoms with Crippen molar-refractivity contribution in [1.82, 2.24) is 0 Å². The van der Waals surface area contributed by atoms with E-state index in [9.17, 15) is 0 Å². The van der Waals surface area contributed by atoms with Gasteiger partial charge in [0.15, 0.2) is 0 Å². The SMILES string of the molecule is C=Cc1ccc([SiH](C)C=Cc2ccccc2)cc1. The summed E-state index contributed by atoms with van der Waals surface area (Å²) in [6, 6.07) is 19.2. The zero-order chi connectivity index (χ0) is 12.8. The van der Waals surface area contributed by atoms with E-state index in [2.05, 4.69) is 73.4 Å². The normalized spacial score (nSPS) is 12.5. The van der Waals surface area contributed by atoms with Crippen LogP contribution in [0.15, 0.2) is 66.9 Å². The Morgan fingerprint density at radius 3 is 2.17 bits per heavy atom. The molecule has 1 heteroatoms. The van der Waals surface area contributed by atoms with E-state index < -0.39 is 8.80 Å². The molecular weight excluding hydrogens is 232 g/mol. The van der Waals surface area contributed by atoms with Crippen LogP contribution in [0.3, 0.4) is 0 Å². The molecular formula is C17H18Si. The molecule has 0 spiro atoms. The maximum absolute atomic E-state index is 3.78. The molecule has 18 heavy (non-hydrogen) atoms. The van der Waals surface area contributed by atoms with Gasteiger partial charge in [0.25, 0.3) is 0 Å². The summed E-state index contributed by atoms with van der Waals surface area (Å²) in [4.78, 5) is 0. The molecule has 0 nitrogen and oxygen atoms in total. The van der Waals surface area contributed by atoms with Crippen molar-refractivity contribution in [1.29, 1.82) is 0 Å². The van der Waals surface area contributed by atoms with Gasteiger partial charge in [0, 0.05) is 0 Å². The highest BCUT2D eigenvalue weighted by atomic mass is 28.3. The highest BCUT2D eigenvalue weighted by Gasteiger charge is 2.02. The average Bonchev–Trinajstić information content (AvgIpc) is 2.46. The molecule has 1 unspecified atom stereocenters. The quantitative estimate of drug-likeness (QED) is 0.727. The Labute approximate surface area is 111 Å². The smallest absolute Gasteiger partial charge is 0.0910 e. The van der Waals surface area contributed by atoms with E-state index in [0.717, 1.165) is 0 Å².